The average Bonchev–Trinajstić information content (AvgIpc) is 3.59. The van der Waals surface area contributed by atoms with E-state index < -0.39 is 0 Å². The van der Waals surface area contributed by atoms with Gasteiger partial charge in [0.05, 0.1) is 5.52 Å². The number of hydrogen-bond donors (Lipinski definition) is 1. The summed E-state index contributed by atoms with van der Waals surface area (Å²) in [6.45, 7) is 1.32. The Labute approximate surface area is 215 Å². The maximum atomic E-state index is 13.2. The lowest BCUT2D eigenvalue weighted by Crippen LogP contribution is -2.31. The molecular weight excluding hydrogens is 464 g/mol. The first-order chi connectivity index (χ1) is 18.2. The minimum Gasteiger partial charge on any atom is -0.488 e. The molecule has 0 unspecified atom stereocenters. The number of fused-ring (bicyclic) bond motifs is 1. The second-order valence-corrected chi connectivity index (χ2v) is 8.79. The molecule has 3 aromatic carbocycles. The van der Waals surface area contributed by atoms with E-state index in [1.54, 1.807) is 11.0 Å². The Bertz CT molecular complexity index is 1480. The number of rotatable bonds is 10. The molecule has 0 saturated carbocycles. The first-order valence-corrected chi connectivity index (χ1v) is 12.2. The number of hydrogen-bond acceptors (Lipinski definition) is 5. The molecule has 0 aliphatic carbocycles. The van der Waals surface area contributed by atoms with E-state index in [9.17, 15) is 4.79 Å². The fourth-order valence-corrected chi connectivity index (χ4v) is 4.20. The van der Waals surface area contributed by atoms with Gasteiger partial charge in [-0.05, 0) is 47.0 Å². The van der Waals surface area contributed by atoms with Crippen LogP contribution in [0.1, 0.15) is 22.5 Å². The standard InChI is InChI=1S/C29H28N6O2/c1-34(18-17-22-9-4-2-5-10-22)28(36)20-35-19-24(15-16-27-30-32-33-31-27)29-25(35)13-8-14-26(29)37-21-23-11-6-3-7-12-23/h2-16,19H,17-18,20-21H2,1H3,(H,30,31,32,33). The molecule has 1 N–H and O–H groups in total. The smallest absolute Gasteiger partial charge is 0.242 e. The Morgan fingerprint density at radius 3 is 2.46 bits per heavy atom. The van der Waals surface area contributed by atoms with E-state index in [4.69, 9.17) is 4.74 Å². The van der Waals surface area contributed by atoms with Crippen LogP contribution in [0.3, 0.4) is 0 Å². The van der Waals surface area contributed by atoms with Crippen molar-refractivity contribution in [3.05, 3.63) is 108 Å². The summed E-state index contributed by atoms with van der Waals surface area (Å²) in [6.07, 6.45) is 6.48. The van der Waals surface area contributed by atoms with Crippen LogP contribution in [0.2, 0.25) is 0 Å². The lowest BCUT2D eigenvalue weighted by atomic mass is 10.1. The summed E-state index contributed by atoms with van der Waals surface area (Å²) < 4.78 is 8.22. The van der Waals surface area contributed by atoms with Gasteiger partial charge in [-0.3, -0.25) is 4.79 Å². The van der Waals surface area contributed by atoms with Gasteiger partial charge in [0.25, 0.3) is 0 Å². The fraction of sp³-hybridized carbons (Fsp3) is 0.172. The minimum absolute atomic E-state index is 0.0390. The Morgan fingerprint density at radius 2 is 1.73 bits per heavy atom. The number of H-pyrrole nitrogens is 1. The van der Waals surface area contributed by atoms with Crippen molar-refractivity contribution in [3.63, 3.8) is 0 Å². The van der Waals surface area contributed by atoms with Crippen molar-refractivity contribution in [3.8, 4) is 5.75 Å². The van der Waals surface area contributed by atoms with Crippen LogP contribution in [-0.4, -0.2) is 49.6 Å². The summed E-state index contributed by atoms with van der Waals surface area (Å²) in [5, 5.41) is 15.0. The third-order valence-corrected chi connectivity index (χ3v) is 6.22. The van der Waals surface area contributed by atoms with Crippen molar-refractivity contribution < 1.29 is 9.53 Å². The number of aromatic amines is 1. The number of aromatic nitrogens is 5. The van der Waals surface area contributed by atoms with Crippen molar-refractivity contribution in [1.29, 1.82) is 0 Å². The number of benzene rings is 3. The van der Waals surface area contributed by atoms with E-state index in [1.165, 1.54) is 5.56 Å². The third kappa shape index (κ3) is 5.92. The second-order valence-electron chi connectivity index (χ2n) is 8.79. The average molecular weight is 493 g/mol. The van der Waals surface area contributed by atoms with E-state index in [0.717, 1.165) is 34.2 Å². The van der Waals surface area contributed by atoms with Crippen LogP contribution in [0.4, 0.5) is 0 Å². The van der Waals surface area contributed by atoms with E-state index in [1.807, 2.05) is 90.6 Å². The summed E-state index contributed by atoms with van der Waals surface area (Å²) in [5.41, 5.74) is 4.12. The van der Waals surface area contributed by atoms with Crippen LogP contribution in [0.15, 0.2) is 85.1 Å². The zero-order valence-electron chi connectivity index (χ0n) is 20.6. The molecule has 0 atom stereocenters. The van der Waals surface area contributed by atoms with Gasteiger partial charge < -0.3 is 14.2 Å². The molecule has 2 aromatic heterocycles. The maximum Gasteiger partial charge on any atom is 0.242 e. The highest BCUT2D eigenvalue weighted by Gasteiger charge is 2.16. The first kappa shape index (κ1) is 24.0. The number of nitrogens with one attached hydrogen (secondary N) is 1. The Balaban J connectivity index is 1.40. The topological polar surface area (TPSA) is 88.9 Å². The molecule has 5 aromatic rings. The minimum atomic E-state index is 0.0390. The van der Waals surface area contributed by atoms with E-state index in [2.05, 4.69) is 32.8 Å². The molecule has 186 valence electrons. The molecule has 8 nitrogen and oxygen atoms in total. The van der Waals surface area contributed by atoms with Crippen LogP contribution < -0.4 is 4.74 Å². The predicted molar refractivity (Wildman–Crippen MR) is 144 cm³/mol. The number of ether oxygens (including phenoxy) is 1. The number of amides is 1. The van der Waals surface area contributed by atoms with Gasteiger partial charge in [-0.2, -0.15) is 5.21 Å². The highest BCUT2D eigenvalue weighted by Crippen LogP contribution is 2.32. The molecule has 2 heterocycles. The molecular formula is C29H28N6O2. The molecule has 0 aliphatic rings. The summed E-state index contributed by atoms with van der Waals surface area (Å²) >= 11 is 0. The van der Waals surface area contributed by atoms with Gasteiger partial charge in [-0.25, -0.2) is 0 Å². The number of nitrogens with zero attached hydrogens (tertiary/aromatic N) is 5. The molecule has 0 radical (unpaired) electrons. The van der Waals surface area contributed by atoms with E-state index >= 15 is 0 Å². The monoisotopic (exact) mass is 492 g/mol. The van der Waals surface area contributed by atoms with Crippen molar-refractivity contribution in [2.24, 2.45) is 0 Å². The lowest BCUT2D eigenvalue weighted by Gasteiger charge is -2.18. The Hall–Kier alpha value is -4.72. The van der Waals surface area contributed by atoms with Crippen LogP contribution in [0.25, 0.3) is 23.1 Å². The SMILES string of the molecule is CN(CCc1ccccc1)C(=O)Cn1cc(C=Cc2nn[nH]n2)c2c(OCc3ccccc3)cccc21. The molecule has 5 rings (SSSR count). The highest BCUT2D eigenvalue weighted by molar-refractivity contribution is 5.97. The molecule has 0 saturated heterocycles. The van der Waals surface area contributed by atoms with Crippen molar-refractivity contribution in [1.82, 2.24) is 30.1 Å². The zero-order valence-corrected chi connectivity index (χ0v) is 20.6. The van der Waals surface area contributed by atoms with Crippen LogP contribution in [0, 0.1) is 0 Å². The summed E-state index contributed by atoms with van der Waals surface area (Å²) in [6, 6.07) is 26.2. The van der Waals surface area contributed by atoms with E-state index in [-0.39, 0.29) is 12.5 Å². The predicted octanol–water partition coefficient (Wildman–Crippen LogP) is 4.60. The van der Waals surface area contributed by atoms with Crippen molar-refractivity contribution in [2.45, 2.75) is 19.6 Å². The molecule has 37 heavy (non-hydrogen) atoms. The highest BCUT2D eigenvalue weighted by atomic mass is 16.5. The normalized spacial score (nSPS) is 11.3. The lowest BCUT2D eigenvalue weighted by molar-refractivity contribution is -0.130. The van der Waals surface area contributed by atoms with Gasteiger partial charge >= 0.3 is 0 Å². The van der Waals surface area contributed by atoms with Crippen molar-refractivity contribution in [2.75, 3.05) is 13.6 Å². The first-order valence-electron chi connectivity index (χ1n) is 12.2. The van der Waals surface area contributed by atoms with Gasteiger partial charge in [0.2, 0.25) is 5.91 Å². The second kappa shape index (κ2) is 11.3. The van der Waals surface area contributed by atoms with E-state index in [0.29, 0.717) is 19.0 Å². The third-order valence-electron chi connectivity index (χ3n) is 6.22. The van der Waals surface area contributed by atoms with Gasteiger partial charge in [0, 0.05) is 30.7 Å². The summed E-state index contributed by atoms with van der Waals surface area (Å²) in [5.74, 6) is 1.26. The number of carbonyl (C=O) groups excluding carboxylic acids is 1. The van der Waals surface area contributed by atoms with Crippen LogP contribution in [-0.2, 0) is 24.4 Å². The summed E-state index contributed by atoms with van der Waals surface area (Å²) in [4.78, 5) is 14.9. The Kier molecular flexibility index (Phi) is 7.36. The van der Waals surface area contributed by atoms with Gasteiger partial charge in [0.15, 0.2) is 5.82 Å². The quantitative estimate of drug-likeness (QED) is 0.308. The van der Waals surface area contributed by atoms with Crippen LogP contribution >= 0.6 is 0 Å². The molecule has 0 spiro atoms. The molecule has 0 bridgehead atoms. The van der Waals surface area contributed by atoms with Crippen LogP contribution in [0.5, 0.6) is 5.75 Å². The number of likely N-dealkylation sites (N-methyl/N-ethyl adjacent to an activating group) is 1. The van der Waals surface area contributed by atoms with Gasteiger partial charge in [0.1, 0.15) is 18.9 Å². The fourth-order valence-electron chi connectivity index (χ4n) is 4.20. The molecule has 1 amide bonds. The molecule has 0 aliphatic heterocycles. The van der Waals surface area contributed by atoms with Gasteiger partial charge in [-0.15, -0.1) is 10.2 Å². The summed E-state index contributed by atoms with van der Waals surface area (Å²) in [7, 11) is 1.85. The van der Waals surface area contributed by atoms with Crippen molar-refractivity contribution >= 4 is 29.0 Å². The maximum absolute atomic E-state index is 13.2. The number of carbonyl (C=O) groups is 1. The largest absolute Gasteiger partial charge is 0.488 e. The molecule has 8 heteroatoms. The number of tetrazole rings is 1. The van der Waals surface area contributed by atoms with Gasteiger partial charge in [-0.1, -0.05) is 66.7 Å². The Morgan fingerprint density at radius 1 is 0.973 bits per heavy atom. The zero-order chi connectivity index (χ0) is 25.5. The molecule has 0 fully saturated rings.